The minimum absolute atomic E-state index is 0.109. The number of hydrogen-bond acceptors (Lipinski definition) is 4. The Labute approximate surface area is 184 Å². The Morgan fingerprint density at radius 2 is 1.61 bits per heavy atom. The maximum absolute atomic E-state index is 13.1. The van der Waals surface area contributed by atoms with Crippen LogP contribution in [0.25, 0.3) is 10.9 Å². The van der Waals surface area contributed by atoms with Gasteiger partial charge in [0.25, 0.3) is 5.91 Å². The van der Waals surface area contributed by atoms with Crippen LogP contribution in [0, 0.1) is 0 Å². The molecule has 0 radical (unpaired) electrons. The molecule has 2 aromatic carbocycles. The first-order chi connectivity index (χ1) is 15.1. The van der Waals surface area contributed by atoms with Crippen molar-refractivity contribution in [3.05, 3.63) is 59.8 Å². The van der Waals surface area contributed by atoms with Crippen molar-refractivity contribution in [3.63, 3.8) is 0 Å². The van der Waals surface area contributed by atoms with Gasteiger partial charge in [-0.05, 0) is 43.7 Å². The van der Waals surface area contributed by atoms with E-state index >= 15 is 0 Å². The lowest BCUT2D eigenvalue weighted by Crippen LogP contribution is -2.48. The van der Waals surface area contributed by atoms with E-state index in [2.05, 4.69) is 29.2 Å². The molecule has 0 bridgehead atoms. The third-order valence-electron chi connectivity index (χ3n) is 5.84. The average Bonchev–Trinajstić information content (AvgIpc) is 3.13. The molecule has 1 aliphatic rings. The summed E-state index contributed by atoms with van der Waals surface area (Å²) < 4.78 is 13.4. The van der Waals surface area contributed by atoms with Gasteiger partial charge in [-0.15, -0.1) is 0 Å². The SMILES string of the molecule is CCOc1ccc(CN2CCN(C(=O)c3cc4ccccc4n3C)CC2)cc1OCC. The lowest BCUT2D eigenvalue weighted by molar-refractivity contribution is 0.0619. The molecule has 1 aromatic heterocycles. The Kier molecular flexibility index (Phi) is 6.47. The van der Waals surface area contributed by atoms with Crippen molar-refractivity contribution in [2.45, 2.75) is 20.4 Å². The number of piperazine rings is 1. The molecule has 6 nitrogen and oxygen atoms in total. The fourth-order valence-electron chi connectivity index (χ4n) is 4.22. The number of amides is 1. The van der Waals surface area contributed by atoms with Crippen LogP contribution >= 0.6 is 0 Å². The number of ether oxygens (including phenoxy) is 2. The van der Waals surface area contributed by atoms with E-state index in [4.69, 9.17) is 9.47 Å². The predicted molar refractivity (Wildman–Crippen MR) is 123 cm³/mol. The van der Waals surface area contributed by atoms with Crippen LogP contribution in [0.4, 0.5) is 0 Å². The van der Waals surface area contributed by atoms with Gasteiger partial charge >= 0.3 is 0 Å². The zero-order chi connectivity index (χ0) is 21.8. The summed E-state index contributed by atoms with van der Waals surface area (Å²) in [5.41, 5.74) is 3.04. The van der Waals surface area contributed by atoms with Crippen molar-refractivity contribution in [1.82, 2.24) is 14.4 Å². The van der Waals surface area contributed by atoms with Gasteiger partial charge in [-0.1, -0.05) is 24.3 Å². The summed E-state index contributed by atoms with van der Waals surface area (Å²) in [7, 11) is 1.97. The van der Waals surface area contributed by atoms with Crippen LogP contribution in [0.2, 0.25) is 0 Å². The second kappa shape index (κ2) is 9.43. The summed E-state index contributed by atoms with van der Waals surface area (Å²) in [6.45, 7) is 9.19. The number of aryl methyl sites for hydroxylation is 1. The molecule has 0 saturated carbocycles. The normalized spacial score (nSPS) is 14.7. The van der Waals surface area contributed by atoms with Crippen LogP contribution < -0.4 is 9.47 Å². The number of nitrogens with zero attached hydrogens (tertiary/aromatic N) is 3. The lowest BCUT2D eigenvalue weighted by Gasteiger charge is -2.34. The van der Waals surface area contributed by atoms with Crippen LogP contribution in [0.3, 0.4) is 0 Å². The lowest BCUT2D eigenvalue weighted by atomic mass is 10.1. The summed E-state index contributed by atoms with van der Waals surface area (Å²) in [5.74, 6) is 1.70. The Hall–Kier alpha value is -2.99. The van der Waals surface area contributed by atoms with E-state index < -0.39 is 0 Å². The topological polar surface area (TPSA) is 46.9 Å². The molecule has 1 saturated heterocycles. The highest BCUT2D eigenvalue weighted by molar-refractivity contribution is 5.98. The molecule has 1 amide bonds. The molecule has 164 valence electrons. The van der Waals surface area contributed by atoms with Gasteiger partial charge in [-0.2, -0.15) is 0 Å². The zero-order valence-electron chi connectivity index (χ0n) is 18.6. The van der Waals surface area contributed by atoms with E-state index in [-0.39, 0.29) is 5.91 Å². The molecule has 0 atom stereocenters. The van der Waals surface area contributed by atoms with Gasteiger partial charge in [0.2, 0.25) is 0 Å². The van der Waals surface area contributed by atoms with Gasteiger partial charge in [0.05, 0.1) is 13.2 Å². The number of rotatable bonds is 7. The summed E-state index contributed by atoms with van der Waals surface area (Å²) in [6, 6.07) is 16.3. The van der Waals surface area contributed by atoms with Crippen molar-refractivity contribution in [3.8, 4) is 11.5 Å². The fraction of sp³-hybridized carbons (Fsp3) is 0.400. The highest BCUT2D eigenvalue weighted by Gasteiger charge is 2.24. The van der Waals surface area contributed by atoms with Crippen LogP contribution in [0.15, 0.2) is 48.5 Å². The largest absolute Gasteiger partial charge is 0.490 e. The van der Waals surface area contributed by atoms with Gasteiger partial charge in [-0.3, -0.25) is 9.69 Å². The molecule has 0 unspecified atom stereocenters. The first-order valence-corrected chi connectivity index (χ1v) is 11.0. The second-order valence-electron chi connectivity index (χ2n) is 7.86. The number of fused-ring (bicyclic) bond motifs is 1. The van der Waals surface area contributed by atoms with Gasteiger partial charge < -0.3 is 18.9 Å². The smallest absolute Gasteiger partial charge is 0.270 e. The van der Waals surface area contributed by atoms with E-state index in [0.29, 0.717) is 13.2 Å². The molecule has 31 heavy (non-hydrogen) atoms. The number of hydrogen-bond donors (Lipinski definition) is 0. The number of benzene rings is 2. The number of carbonyl (C=O) groups excluding carboxylic acids is 1. The highest BCUT2D eigenvalue weighted by Crippen LogP contribution is 2.29. The minimum atomic E-state index is 0.109. The van der Waals surface area contributed by atoms with Crippen LogP contribution in [0.1, 0.15) is 29.9 Å². The van der Waals surface area contributed by atoms with E-state index in [1.54, 1.807) is 0 Å². The predicted octanol–water partition coefficient (Wildman–Crippen LogP) is 3.93. The first-order valence-electron chi connectivity index (χ1n) is 11.0. The third-order valence-corrected chi connectivity index (χ3v) is 5.84. The molecular weight excluding hydrogens is 390 g/mol. The van der Waals surface area contributed by atoms with Gasteiger partial charge in [0, 0.05) is 50.7 Å². The molecule has 0 spiro atoms. The van der Waals surface area contributed by atoms with Gasteiger partial charge in [-0.25, -0.2) is 0 Å². The van der Waals surface area contributed by atoms with Crippen molar-refractivity contribution in [2.24, 2.45) is 7.05 Å². The first kappa shape index (κ1) is 21.2. The summed E-state index contributed by atoms with van der Waals surface area (Å²) in [6.07, 6.45) is 0. The van der Waals surface area contributed by atoms with Gasteiger partial charge in [0.15, 0.2) is 11.5 Å². The van der Waals surface area contributed by atoms with E-state index in [1.807, 2.05) is 54.6 Å². The third kappa shape index (κ3) is 4.54. The number of para-hydroxylation sites is 1. The summed E-state index contributed by atoms with van der Waals surface area (Å²) in [4.78, 5) is 17.5. The summed E-state index contributed by atoms with van der Waals surface area (Å²) >= 11 is 0. The molecule has 3 aromatic rings. The molecule has 1 fully saturated rings. The van der Waals surface area contributed by atoms with E-state index in [1.165, 1.54) is 5.56 Å². The molecule has 2 heterocycles. The molecule has 0 aliphatic carbocycles. The number of carbonyl (C=O) groups is 1. The highest BCUT2D eigenvalue weighted by atomic mass is 16.5. The van der Waals surface area contributed by atoms with Crippen molar-refractivity contribution < 1.29 is 14.3 Å². The standard InChI is InChI=1S/C25H31N3O3/c1-4-30-23-11-10-19(16-24(23)31-5-2)18-27-12-14-28(15-13-27)25(29)22-17-20-8-6-7-9-21(20)26(22)3/h6-11,16-17H,4-5,12-15,18H2,1-3H3. The Bertz CT molecular complexity index is 1050. The monoisotopic (exact) mass is 421 g/mol. The van der Waals surface area contributed by atoms with E-state index in [9.17, 15) is 4.79 Å². The minimum Gasteiger partial charge on any atom is -0.490 e. The molecular formula is C25H31N3O3. The number of aromatic nitrogens is 1. The Morgan fingerprint density at radius 3 is 2.32 bits per heavy atom. The van der Waals surface area contributed by atoms with Crippen LogP contribution in [-0.4, -0.2) is 59.7 Å². The fourth-order valence-corrected chi connectivity index (χ4v) is 4.22. The Balaban J connectivity index is 1.39. The van der Waals surface area contributed by atoms with Gasteiger partial charge in [0.1, 0.15) is 5.69 Å². The van der Waals surface area contributed by atoms with Crippen LogP contribution in [0.5, 0.6) is 11.5 Å². The molecule has 0 N–H and O–H groups in total. The maximum Gasteiger partial charge on any atom is 0.270 e. The van der Waals surface area contributed by atoms with E-state index in [0.717, 1.165) is 60.8 Å². The molecule has 1 aliphatic heterocycles. The second-order valence-corrected chi connectivity index (χ2v) is 7.86. The molecule has 6 heteroatoms. The maximum atomic E-state index is 13.1. The average molecular weight is 422 g/mol. The Morgan fingerprint density at radius 1 is 0.903 bits per heavy atom. The summed E-state index contributed by atoms with van der Waals surface area (Å²) in [5, 5.41) is 1.10. The quantitative estimate of drug-likeness (QED) is 0.580. The van der Waals surface area contributed by atoms with Crippen LogP contribution in [-0.2, 0) is 13.6 Å². The van der Waals surface area contributed by atoms with Crippen molar-refractivity contribution in [1.29, 1.82) is 0 Å². The zero-order valence-corrected chi connectivity index (χ0v) is 18.6. The van der Waals surface area contributed by atoms with Crippen molar-refractivity contribution in [2.75, 3.05) is 39.4 Å². The van der Waals surface area contributed by atoms with Crippen molar-refractivity contribution >= 4 is 16.8 Å². The molecule has 4 rings (SSSR count).